The fraction of sp³-hybridized carbons (Fsp3) is 0.500. The summed E-state index contributed by atoms with van der Waals surface area (Å²) in [6.45, 7) is 1.10. The van der Waals surface area contributed by atoms with Gasteiger partial charge in [-0.15, -0.1) is 0 Å². The highest BCUT2D eigenvalue weighted by molar-refractivity contribution is 5.98. The quantitative estimate of drug-likeness (QED) is 0.661. The maximum Gasteiger partial charge on any atom is 0.285 e. The van der Waals surface area contributed by atoms with Gasteiger partial charge in [0, 0.05) is 19.1 Å². The number of hydrogen-bond acceptors (Lipinski definition) is 4. The Balaban J connectivity index is 1.85. The SMILES string of the molecule is NC1CCC2CN(C(=O)c3ccc(F)cc3[N+](=O)[O-])CC12. The van der Waals surface area contributed by atoms with Crippen molar-refractivity contribution in [3.05, 3.63) is 39.7 Å². The third-order valence-corrected chi connectivity index (χ3v) is 4.59. The molecular weight excluding hydrogens is 277 g/mol. The van der Waals surface area contributed by atoms with Gasteiger partial charge in [0.05, 0.1) is 11.0 Å². The molecule has 0 bridgehead atoms. The van der Waals surface area contributed by atoms with Crippen LogP contribution in [0, 0.1) is 27.8 Å². The van der Waals surface area contributed by atoms with Gasteiger partial charge < -0.3 is 10.6 Å². The smallest absolute Gasteiger partial charge is 0.285 e. The van der Waals surface area contributed by atoms with Crippen LogP contribution in [0.3, 0.4) is 0 Å². The number of hydrogen-bond donors (Lipinski definition) is 1. The summed E-state index contributed by atoms with van der Waals surface area (Å²) >= 11 is 0. The average Bonchev–Trinajstić information content (AvgIpc) is 3.00. The Hall–Kier alpha value is -2.02. The predicted octanol–water partition coefficient (Wildman–Crippen LogP) is 1.54. The van der Waals surface area contributed by atoms with Gasteiger partial charge >= 0.3 is 0 Å². The van der Waals surface area contributed by atoms with Gasteiger partial charge in [-0.2, -0.15) is 0 Å². The molecule has 21 heavy (non-hydrogen) atoms. The number of halogens is 1. The van der Waals surface area contributed by atoms with Gasteiger partial charge in [-0.05, 0) is 36.8 Å². The minimum Gasteiger partial charge on any atom is -0.338 e. The molecule has 6 nitrogen and oxygen atoms in total. The monoisotopic (exact) mass is 293 g/mol. The minimum atomic E-state index is -0.724. The Morgan fingerprint density at radius 3 is 2.81 bits per heavy atom. The van der Waals surface area contributed by atoms with Gasteiger partial charge in [-0.3, -0.25) is 14.9 Å². The number of nitrogens with zero attached hydrogens (tertiary/aromatic N) is 2. The molecule has 0 spiro atoms. The molecule has 1 heterocycles. The second-order valence-electron chi connectivity index (χ2n) is 5.79. The second-order valence-corrected chi connectivity index (χ2v) is 5.79. The van der Waals surface area contributed by atoms with Gasteiger partial charge in [0.15, 0.2) is 0 Å². The lowest BCUT2D eigenvalue weighted by Crippen LogP contribution is -2.33. The lowest BCUT2D eigenvalue weighted by molar-refractivity contribution is -0.385. The highest BCUT2D eigenvalue weighted by atomic mass is 19.1. The fourth-order valence-electron chi connectivity index (χ4n) is 3.48. The first-order chi connectivity index (χ1) is 9.97. The molecule has 1 amide bonds. The van der Waals surface area contributed by atoms with E-state index >= 15 is 0 Å². The van der Waals surface area contributed by atoms with Gasteiger partial charge in [-0.1, -0.05) is 0 Å². The number of carbonyl (C=O) groups excluding carboxylic acids is 1. The van der Waals surface area contributed by atoms with Crippen LogP contribution in [0.4, 0.5) is 10.1 Å². The van der Waals surface area contributed by atoms with E-state index in [4.69, 9.17) is 5.73 Å². The van der Waals surface area contributed by atoms with Crippen molar-refractivity contribution in [2.45, 2.75) is 18.9 Å². The van der Waals surface area contributed by atoms with Crippen LogP contribution in [-0.2, 0) is 0 Å². The molecule has 1 saturated heterocycles. The molecule has 7 heteroatoms. The summed E-state index contributed by atoms with van der Waals surface area (Å²) in [6.07, 6.45) is 1.95. The molecule has 3 atom stereocenters. The number of nitro benzene ring substituents is 1. The largest absolute Gasteiger partial charge is 0.338 e. The minimum absolute atomic E-state index is 0.0602. The molecule has 112 valence electrons. The molecule has 2 N–H and O–H groups in total. The fourth-order valence-corrected chi connectivity index (χ4v) is 3.48. The first-order valence-electron chi connectivity index (χ1n) is 6.96. The van der Waals surface area contributed by atoms with E-state index in [0.29, 0.717) is 19.0 Å². The van der Waals surface area contributed by atoms with E-state index in [2.05, 4.69) is 0 Å². The Bertz CT molecular complexity index is 607. The van der Waals surface area contributed by atoms with E-state index in [1.54, 1.807) is 4.90 Å². The maximum atomic E-state index is 13.1. The number of nitro groups is 1. The van der Waals surface area contributed by atoms with Crippen LogP contribution in [-0.4, -0.2) is 34.9 Å². The van der Waals surface area contributed by atoms with Crippen molar-refractivity contribution in [1.29, 1.82) is 0 Å². The molecule has 0 aromatic heterocycles. The molecule has 1 aliphatic carbocycles. The van der Waals surface area contributed by atoms with Gasteiger partial charge in [-0.25, -0.2) is 4.39 Å². The number of likely N-dealkylation sites (tertiary alicyclic amines) is 1. The molecule has 1 aromatic rings. The third kappa shape index (κ3) is 2.37. The van der Waals surface area contributed by atoms with Crippen LogP contribution in [0.2, 0.25) is 0 Å². The number of rotatable bonds is 2. The van der Waals surface area contributed by atoms with Crippen LogP contribution < -0.4 is 5.73 Å². The van der Waals surface area contributed by atoms with E-state index < -0.39 is 22.3 Å². The Labute approximate surface area is 120 Å². The van der Waals surface area contributed by atoms with E-state index in [9.17, 15) is 19.3 Å². The van der Waals surface area contributed by atoms with Crippen LogP contribution >= 0.6 is 0 Å². The first-order valence-corrected chi connectivity index (χ1v) is 6.96. The predicted molar refractivity (Wildman–Crippen MR) is 73.1 cm³/mol. The molecule has 2 aliphatic rings. The van der Waals surface area contributed by atoms with E-state index in [0.717, 1.165) is 25.0 Å². The summed E-state index contributed by atoms with van der Waals surface area (Å²) in [6, 6.07) is 3.14. The zero-order valence-corrected chi connectivity index (χ0v) is 11.4. The Morgan fingerprint density at radius 1 is 1.38 bits per heavy atom. The molecule has 1 aliphatic heterocycles. The van der Waals surface area contributed by atoms with E-state index in [1.807, 2.05) is 0 Å². The average molecular weight is 293 g/mol. The van der Waals surface area contributed by atoms with Crippen molar-refractivity contribution in [2.24, 2.45) is 17.6 Å². The summed E-state index contributed by atoms with van der Waals surface area (Å²) in [5, 5.41) is 11.0. The molecule has 3 rings (SSSR count). The lowest BCUT2D eigenvalue weighted by atomic mass is 9.98. The van der Waals surface area contributed by atoms with E-state index in [1.165, 1.54) is 6.07 Å². The molecule has 1 saturated carbocycles. The molecule has 3 unspecified atom stereocenters. The number of benzene rings is 1. The Kier molecular flexibility index (Phi) is 3.36. The maximum absolute atomic E-state index is 13.1. The standard InChI is InChI=1S/C14H16FN3O3/c15-9-2-3-10(13(5-9)18(20)21)14(19)17-6-8-1-4-12(16)11(8)7-17/h2-3,5,8,11-12H,1,4,6-7,16H2. The van der Waals surface area contributed by atoms with Crippen molar-refractivity contribution < 1.29 is 14.1 Å². The number of carbonyl (C=O) groups is 1. The Morgan fingerprint density at radius 2 is 2.14 bits per heavy atom. The first kappa shape index (κ1) is 13.9. The summed E-state index contributed by atoms with van der Waals surface area (Å²) in [7, 11) is 0. The van der Waals surface area contributed by atoms with Gasteiger partial charge in [0.2, 0.25) is 0 Å². The number of amides is 1. The normalized spacial score (nSPS) is 27.7. The third-order valence-electron chi connectivity index (χ3n) is 4.59. The molecule has 1 aromatic carbocycles. The summed E-state index contributed by atoms with van der Waals surface area (Å²) in [5.41, 5.74) is 5.48. The lowest BCUT2D eigenvalue weighted by Gasteiger charge is -2.18. The van der Waals surface area contributed by atoms with Crippen LogP contribution in [0.1, 0.15) is 23.2 Å². The number of fused-ring (bicyclic) bond motifs is 1. The number of nitrogens with two attached hydrogens (primary N) is 1. The van der Waals surface area contributed by atoms with Crippen molar-refractivity contribution in [3.63, 3.8) is 0 Å². The van der Waals surface area contributed by atoms with Crippen molar-refractivity contribution in [3.8, 4) is 0 Å². The molecule has 2 fully saturated rings. The van der Waals surface area contributed by atoms with Crippen molar-refractivity contribution in [2.75, 3.05) is 13.1 Å². The zero-order valence-electron chi connectivity index (χ0n) is 11.4. The zero-order chi connectivity index (χ0) is 15.1. The van der Waals surface area contributed by atoms with E-state index in [-0.39, 0.29) is 17.5 Å². The van der Waals surface area contributed by atoms with Crippen molar-refractivity contribution in [1.82, 2.24) is 4.90 Å². The summed E-state index contributed by atoms with van der Waals surface area (Å²) < 4.78 is 13.1. The van der Waals surface area contributed by atoms with Gasteiger partial charge in [0.25, 0.3) is 11.6 Å². The highest BCUT2D eigenvalue weighted by Gasteiger charge is 2.43. The summed E-state index contributed by atoms with van der Waals surface area (Å²) in [5.74, 6) is -0.487. The molecule has 0 radical (unpaired) electrons. The second kappa shape index (κ2) is 5.07. The van der Waals surface area contributed by atoms with Crippen molar-refractivity contribution >= 4 is 11.6 Å². The van der Waals surface area contributed by atoms with Crippen LogP contribution in [0.15, 0.2) is 18.2 Å². The van der Waals surface area contributed by atoms with Crippen LogP contribution in [0.5, 0.6) is 0 Å². The summed E-state index contributed by atoms with van der Waals surface area (Å²) in [4.78, 5) is 24.4. The highest BCUT2D eigenvalue weighted by Crippen LogP contribution is 2.38. The van der Waals surface area contributed by atoms with Crippen LogP contribution in [0.25, 0.3) is 0 Å². The topological polar surface area (TPSA) is 89.5 Å². The van der Waals surface area contributed by atoms with Gasteiger partial charge in [0.1, 0.15) is 11.4 Å². The molecular formula is C14H16FN3O3.